The molecule has 0 aliphatic carbocycles. The van der Waals surface area contributed by atoms with Gasteiger partial charge in [0.2, 0.25) is 0 Å². The third-order valence-electron chi connectivity index (χ3n) is 5.42. The van der Waals surface area contributed by atoms with E-state index in [4.69, 9.17) is 4.74 Å². The Hall–Kier alpha value is -2.13. The first-order valence-corrected chi connectivity index (χ1v) is 8.94. The zero-order valence-electron chi connectivity index (χ0n) is 14.9. The first kappa shape index (κ1) is 18.2. The van der Waals surface area contributed by atoms with E-state index in [-0.39, 0.29) is 23.8 Å². The number of alkyl halides is 3. The highest BCUT2D eigenvalue weighted by Crippen LogP contribution is 2.27. The Labute approximate surface area is 154 Å². The summed E-state index contributed by atoms with van der Waals surface area (Å²) in [7, 11) is 2.06. The van der Waals surface area contributed by atoms with E-state index in [0.717, 1.165) is 17.5 Å². The number of carbonyl (C=O) groups excluding carboxylic acids is 1. The predicted molar refractivity (Wildman–Crippen MR) is 92.4 cm³/mol. The van der Waals surface area contributed by atoms with Crippen molar-refractivity contribution in [2.24, 2.45) is 0 Å². The highest BCUT2D eigenvalue weighted by molar-refractivity contribution is 6.05. The molecule has 3 heterocycles. The largest absolute Gasteiger partial charge is 0.408 e. The molecular formula is C18H21F3N4O2. The van der Waals surface area contributed by atoms with Gasteiger partial charge < -0.3 is 10.1 Å². The SMILES string of the molecule is CN1C2COCC1CC(NC(=O)c1nn(CC(F)(F)F)c3ccccc13)C2. The van der Waals surface area contributed by atoms with Crippen LogP contribution in [-0.4, -0.2) is 65.2 Å². The minimum atomic E-state index is -4.41. The molecule has 9 heteroatoms. The molecule has 1 aromatic carbocycles. The van der Waals surface area contributed by atoms with Crippen LogP contribution in [-0.2, 0) is 11.3 Å². The number of hydrogen-bond acceptors (Lipinski definition) is 4. The molecule has 146 valence electrons. The van der Waals surface area contributed by atoms with E-state index < -0.39 is 18.6 Å². The zero-order chi connectivity index (χ0) is 19.2. The van der Waals surface area contributed by atoms with Gasteiger partial charge in [-0.05, 0) is 26.0 Å². The molecule has 2 aliphatic rings. The van der Waals surface area contributed by atoms with E-state index in [9.17, 15) is 18.0 Å². The molecule has 2 aliphatic heterocycles. The summed E-state index contributed by atoms with van der Waals surface area (Å²) < 4.78 is 45.0. The van der Waals surface area contributed by atoms with Crippen molar-refractivity contribution in [1.29, 1.82) is 0 Å². The number of morpholine rings is 1. The fourth-order valence-corrected chi connectivity index (χ4v) is 4.05. The number of aromatic nitrogens is 2. The standard InChI is InChI=1S/C18H21F3N4O2/c1-24-12-6-11(7-13(24)9-27-8-12)22-17(26)16-14-4-2-3-5-15(14)25(23-16)10-18(19,20)21/h2-5,11-13H,6-10H2,1H3,(H,22,26). The van der Waals surface area contributed by atoms with Crippen molar-refractivity contribution < 1.29 is 22.7 Å². The summed E-state index contributed by atoms with van der Waals surface area (Å²) >= 11 is 0. The number of halogens is 3. The number of likely N-dealkylation sites (N-methyl/N-ethyl adjacent to an activating group) is 1. The van der Waals surface area contributed by atoms with Crippen molar-refractivity contribution in [3.63, 3.8) is 0 Å². The Kier molecular flexibility index (Phi) is 4.59. The summed E-state index contributed by atoms with van der Waals surface area (Å²) in [5.41, 5.74) is 0.337. The summed E-state index contributed by atoms with van der Waals surface area (Å²) in [6.45, 7) is 0.0293. The predicted octanol–water partition coefficient (Wildman–Crippen LogP) is 2.19. The van der Waals surface area contributed by atoms with Gasteiger partial charge in [-0.2, -0.15) is 18.3 Å². The van der Waals surface area contributed by atoms with E-state index in [1.807, 2.05) is 0 Å². The Bertz CT molecular complexity index is 837. The summed E-state index contributed by atoms with van der Waals surface area (Å²) in [6, 6.07) is 6.93. The van der Waals surface area contributed by atoms with Crippen LogP contribution >= 0.6 is 0 Å². The van der Waals surface area contributed by atoms with Crippen molar-refractivity contribution in [2.75, 3.05) is 20.3 Å². The first-order chi connectivity index (χ1) is 12.8. The topological polar surface area (TPSA) is 59.4 Å². The Morgan fingerprint density at radius 1 is 1.26 bits per heavy atom. The lowest BCUT2D eigenvalue weighted by atomic mass is 9.90. The lowest BCUT2D eigenvalue weighted by Crippen LogP contribution is -2.59. The van der Waals surface area contributed by atoms with Crippen LogP contribution in [0.1, 0.15) is 23.3 Å². The molecule has 1 amide bonds. The number of fused-ring (bicyclic) bond motifs is 3. The monoisotopic (exact) mass is 382 g/mol. The van der Waals surface area contributed by atoms with Gasteiger partial charge in [0.1, 0.15) is 6.54 Å². The third-order valence-corrected chi connectivity index (χ3v) is 5.42. The number of para-hydroxylation sites is 1. The van der Waals surface area contributed by atoms with Crippen LogP contribution < -0.4 is 5.32 Å². The maximum absolute atomic E-state index is 12.8. The Morgan fingerprint density at radius 2 is 1.93 bits per heavy atom. The molecule has 0 radical (unpaired) electrons. The van der Waals surface area contributed by atoms with Gasteiger partial charge in [0.25, 0.3) is 5.91 Å². The van der Waals surface area contributed by atoms with Gasteiger partial charge in [0, 0.05) is 23.5 Å². The molecule has 1 aromatic heterocycles. The average Bonchev–Trinajstić information content (AvgIpc) is 2.93. The molecular weight excluding hydrogens is 361 g/mol. The lowest BCUT2D eigenvalue weighted by molar-refractivity contribution is -0.141. The van der Waals surface area contributed by atoms with Gasteiger partial charge in [-0.3, -0.25) is 14.4 Å². The number of amides is 1. The van der Waals surface area contributed by atoms with Crippen molar-refractivity contribution in [3.05, 3.63) is 30.0 Å². The van der Waals surface area contributed by atoms with E-state index in [1.54, 1.807) is 24.3 Å². The quantitative estimate of drug-likeness (QED) is 0.884. The van der Waals surface area contributed by atoms with Gasteiger partial charge in [-0.1, -0.05) is 18.2 Å². The Balaban J connectivity index is 1.56. The second-order valence-corrected chi connectivity index (χ2v) is 7.29. The van der Waals surface area contributed by atoms with Crippen LogP contribution in [0.25, 0.3) is 10.9 Å². The summed E-state index contributed by atoms with van der Waals surface area (Å²) in [5, 5.41) is 7.38. The number of piperidine rings is 1. The lowest BCUT2D eigenvalue weighted by Gasteiger charge is -2.46. The van der Waals surface area contributed by atoms with Crippen molar-refractivity contribution in [1.82, 2.24) is 20.0 Å². The number of nitrogens with one attached hydrogen (secondary N) is 1. The molecule has 2 aromatic rings. The minimum Gasteiger partial charge on any atom is -0.378 e. The van der Waals surface area contributed by atoms with Gasteiger partial charge in [0.05, 0.1) is 18.7 Å². The Morgan fingerprint density at radius 3 is 2.59 bits per heavy atom. The number of rotatable bonds is 3. The third kappa shape index (κ3) is 3.66. The molecule has 2 saturated heterocycles. The fraction of sp³-hybridized carbons (Fsp3) is 0.556. The number of benzene rings is 1. The van der Waals surface area contributed by atoms with E-state index >= 15 is 0 Å². The van der Waals surface area contributed by atoms with Crippen LogP contribution in [0.3, 0.4) is 0 Å². The maximum Gasteiger partial charge on any atom is 0.408 e. The second-order valence-electron chi connectivity index (χ2n) is 7.29. The number of nitrogens with zero attached hydrogens (tertiary/aromatic N) is 3. The highest BCUT2D eigenvalue weighted by atomic mass is 19.4. The van der Waals surface area contributed by atoms with E-state index in [1.165, 1.54) is 0 Å². The molecule has 0 saturated carbocycles. The van der Waals surface area contributed by atoms with Gasteiger partial charge in [-0.15, -0.1) is 0 Å². The van der Waals surface area contributed by atoms with Crippen LogP contribution in [0.4, 0.5) is 13.2 Å². The molecule has 2 fully saturated rings. The second kappa shape index (κ2) is 6.79. The zero-order valence-corrected chi connectivity index (χ0v) is 14.9. The van der Waals surface area contributed by atoms with Crippen molar-refractivity contribution in [2.45, 2.75) is 43.7 Å². The molecule has 4 rings (SSSR count). The maximum atomic E-state index is 12.8. The normalized spacial score (nSPS) is 26.3. The number of carbonyl (C=O) groups is 1. The summed E-state index contributed by atoms with van der Waals surface area (Å²) in [4.78, 5) is 15.1. The molecule has 6 nitrogen and oxygen atoms in total. The van der Waals surface area contributed by atoms with Gasteiger partial charge >= 0.3 is 6.18 Å². The molecule has 2 atom stereocenters. The first-order valence-electron chi connectivity index (χ1n) is 8.94. The van der Waals surface area contributed by atoms with E-state index in [2.05, 4.69) is 22.4 Å². The number of hydrogen-bond donors (Lipinski definition) is 1. The van der Waals surface area contributed by atoms with Crippen LogP contribution in [0, 0.1) is 0 Å². The highest BCUT2D eigenvalue weighted by Gasteiger charge is 2.38. The molecule has 2 bridgehead atoms. The summed E-state index contributed by atoms with van der Waals surface area (Å²) in [5.74, 6) is -0.430. The number of ether oxygens (including phenoxy) is 1. The summed E-state index contributed by atoms with van der Waals surface area (Å²) in [6.07, 6.45) is -2.91. The molecule has 0 spiro atoms. The van der Waals surface area contributed by atoms with Gasteiger partial charge in [0.15, 0.2) is 5.69 Å². The molecule has 2 unspecified atom stereocenters. The average molecular weight is 382 g/mol. The van der Waals surface area contributed by atoms with Gasteiger partial charge in [-0.25, -0.2) is 0 Å². The van der Waals surface area contributed by atoms with Crippen LogP contribution in [0.15, 0.2) is 24.3 Å². The molecule has 27 heavy (non-hydrogen) atoms. The van der Waals surface area contributed by atoms with Crippen LogP contribution in [0.2, 0.25) is 0 Å². The van der Waals surface area contributed by atoms with Crippen LogP contribution in [0.5, 0.6) is 0 Å². The molecule has 1 N–H and O–H groups in total. The van der Waals surface area contributed by atoms with Crippen molar-refractivity contribution >= 4 is 16.8 Å². The fourth-order valence-electron chi connectivity index (χ4n) is 4.05. The minimum absolute atomic E-state index is 0.0372. The smallest absolute Gasteiger partial charge is 0.378 e. The van der Waals surface area contributed by atoms with E-state index in [0.29, 0.717) is 24.1 Å². The van der Waals surface area contributed by atoms with Crippen molar-refractivity contribution in [3.8, 4) is 0 Å².